The number of amidine groups is 1. The van der Waals surface area contributed by atoms with Gasteiger partial charge in [0.05, 0.1) is 6.61 Å². The fraction of sp³-hybridized carbons (Fsp3) is 0.421. The van der Waals surface area contributed by atoms with Crippen LogP contribution in [0.4, 0.5) is 4.79 Å². The number of halogens is 1. The van der Waals surface area contributed by atoms with Crippen LogP contribution in [0.25, 0.3) is 0 Å². The van der Waals surface area contributed by atoms with E-state index < -0.39 is 23.7 Å². The molecule has 1 atom stereocenters. The van der Waals surface area contributed by atoms with E-state index in [2.05, 4.69) is 4.99 Å². The van der Waals surface area contributed by atoms with Crippen LogP contribution >= 0.6 is 11.6 Å². The van der Waals surface area contributed by atoms with Gasteiger partial charge < -0.3 is 9.47 Å². The highest BCUT2D eigenvalue weighted by Crippen LogP contribution is 2.37. The van der Waals surface area contributed by atoms with Crippen LogP contribution in [0.1, 0.15) is 46.2 Å². The number of carbonyl (C=O) groups excluding carboxylic acids is 2. The third-order valence-electron chi connectivity index (χ3n) is 3.56. The van der Waals surface area contributed by atoms with Crippen molar-refractivity contribution in [2.75, 3.05) is 6.61 Å². The van der Waals surface area contributed by atoms with Gasteiger partial charge in [0.15, 0.2) is 0 Å². The van der Waals surface area contributed by atoms with E-state index in [9.17, 15) is 9.59 Å². The van der Waals surface area contributed by atoms with Gasteiger partial charge in [-0.15, -0.1) is 0 Å². The van der Waals surface area contributed by atoms with E-state index in [0.717, 1.165) is 0 Å². The zero-order valence-electron chi connectivity index (χ0n) is 15.6. The highest BCUT2D eigenvalue weighted by atomic mass is 35.5. The maximum atomic E-state index is 12.8. The second-order valence-electron chi connectivity index (χ2n) is 6.75. The van der Waals surface area contributed by atoms with Crippen molar-refractivity contribution in [3.05, 3.63) is 46.6 Å². The molecule has 1 amide bonds. The van der Waals surface area contributed by atoms with Gasteiger partial charge in [-0.25, -0.2) is 14.6 Å². The molecular formula is C19H23ClN2O4. The summed E-state index contributed by atoms with van der Waals surface area (Å²) in [4.78, 5) is 30.9. The number of carbonyl (C=O) groups is 2. The second-order valence-corrected chi connectivity index (χ2v) is 7.11. The lowest BCUT2D eigenvalue weighted by molar-refractivity contribution is -0.139. The van der Waals surface area contributed by atoms with Gasteiger partial charge in [-0.2, -0.15) is 0 Å². The fourth-order valence-corrected chi connectivity index (χ4v) is 2.89. The van der Waals surface area contributed by atoms with Crippen molar-refractivity contribution in [3.63, 3.8) is 0 Å². The van der Waals surface area contributed by atoms with Gasteiger partial charge in [-0.3, -0.25) is 4.90 Å². The lowest BCUT2D eigenvalue weighted by Crippen LogP contribution is -2.45. The molecule has 1 heterocycles. The summed E-state index contributed by atoms with van der Waals surface area (Å²) in [7, 11) is 0. The molecule has 0 spiro atoms. The largest absolute Gasteiger partial charge is 0.462 e. The molecule has 0 bridgehead atoms. The Morgan fingerprint density at radius 2 is 1.85 bits per heavy atom. The Morgan fingerprint density at radius 3 is 2.38 bits per heavy atom. The monoisotopic (exact) mass is 378 g/mol. The summed E-state index contributed by atoms with van der Waals surface area (Å²) < 4.78 is 10.6. The molecule has 26 heavy (non-hydrogen) atoms. The number of rotatable bonds is 3. The first-order valence-electron chi connectivity index (χ1n) is 8.35. The third-order valence-corrected chi connectivity index (χ3v) is 3.85. The van der Waals surface area contributed by atoms with E-state index in [0.29, 0.717) is 11.4 Å². The van der Waals surface area contributed by atoms with Crippen LogP contribution < -0.4 is 0 Å². The highest BCUT2D eigenvalue weighted by molar-refractivity contribution is 6.32. The predicted molar refractivity (Wildman–Crippen MR) is 99.9 cm³/mol. The number of aliphatic imine (C=N–C) groups is 1. The van der Waals surface area contributed by atoms with E-state index in [1.807, 2.05) is 30.3 Å². The summed E-state index contributed by atoms with van der Waals surface area (Å²) in [6, 6.07) is 8.32. The maximum absolute atomic E-state index is 12.8. The minimum Gasteiger partial charge on any atom is -0.462 e. The normalized spacial score (nSPS) is 17.7. The standard InChI is InChI=1S/C19H23ClN2O4/c1-6-25-17(23)14-15(13-10-8-7-9-11-13)22(12(2)21-16(14)20)18(24)26-19(3,4)5/h7-11,15H,6H2,1-5H3. The average molecular weight is 379 g/mol. The topological polar surface area (TPSA) is 68.2 Å². The molecule has 0 saturated carbocycles. The molecule has 1 aliphatic rings. The molecule has 1 aliphatic heterocycles. The number of nitrogens with zero attached hydrogens (tertiary/aromatic N) is 2. The van der Waals surface area contributed by atoms with Crippen LogP contribution in [0.3, 0.4) is 0 Å². The van der Waals surface area contributed by atoms with Crippen LogP contribution in [0.5, 0.6) is 0 Å². The lowest BCUT2D eigenvalue weighted by atomic mass is 9.96. The van der Waals surface area contributed by atoms with E-state index in [1.54, 1.807) is 34.6 Å². The van der Waals surface area contributed by atoms with Crippen molar-refractivity contribution < 1.29 is 19.1 Å². The minimum absolute atomic E-state index is 0.00890. The van der Waals surface area contributed by atoms with E-state index >= 15 is 0 Å². The molecule has 7 heteroatoms. The fourth-order valence-electron chi connectivity index (χ4n) is 2.59. The Morgan fingerprint density at radius 1 is 1.23 bits per heavy atom. The highest BCUT2D eigenvalue weighted by Gasteiger charge is 2.41. The molecule has 6 nitrogen and oxygen atoms in total. The van der Waals surface area contributed by atoms with Crippen molar-refractivity contribution in [1.29, 1.82) is 0 Å². The Kier molecular flexibility index (Phi) is 6.08. The van der Waals surface area contributed by atoms with Gasteiger partial charge >= 0.3 is 12.1 Å². The zero-order chi connectivity index (χ0) is 19.5. The SMILES string of the molecule is CCOC(=O)C1=C(Cl)N=C(C)N(C(=O)OC(C)(C)C)C1c1ccccc1. The number of ether oxygens (including phenoxy) is 2. The van der Waals surface area contributed by atoms with Crippen molar-refractivity contribution in [2.24, 2.45) is 4.99 Å². The molecule has 2 rings (SSSR count). The Hall–Kier alpha value is -2.34. The summed E-state index contributed by atoms with van der Waals surface area (Å²) in [5.41, 5.74) is 0.109. The summed E-state index contributed by atoms with van der Waals surface area (Å²) >= 11 is 6.27. The van der Waals surface area contributed by atoms with Gasteiger partial charge in [-0.1, -0.05) is 41.9 Å². The molecule has 0 fully saturated rings. The van der Waals surface area contributed by atoms with Crippen molar-refractivity contribution in [1.82, 2.24) is 4.90 Å². The van der Waals surface area contributed by atoms with Gasteiger partial charge in [-0.05, 0) is 40.2 Å². The lowest BCUT2D eigenvalue weighted by Gasteiger charge is -2.36. The molecule has 0 aliphatic carbocycles. The van der Waals surface area contributed by atoms with E-state index in [-0.39, 0.29) is 17.3 Å². The molecule has 1 aromatic rings. The molecule has 140 valence electrons. The summed E-state index contributed by atoms with van der Waals surface area (Å²) in [6.45, 7) is 8.84. The molecular weight excluding hydrogens is 356 g/mol. The first kappa shape index (κ1) is 20.0. The quantitative estimate of drug-likeness (QED) is 0.577. The van der Waals surface area contributed by atoms with Crippen molar-refractivity contribution in [3.8, 4) is 0 Å². The van der Waals surface area contributed by atoms with Crippen LogP contribution in [0, 0.1) is 0 Å². The number of amides is 1. The first-order valence-corrected chi connectivity index (χ1v) is 8.72. The predicted octanol–water partition coefficient (Wildman–Crippen LogP) is 4.41. The Bertz CT molecular complexity index is 751. The smallest absolute Gasteiger partial charge is 0.416 e. The van der Waals surface area contributed by atoms with E-state index in [4.69, 9.17) is 21.1 Å². The molecule has 1 unspecified atom stereocenters. The number of benzene rings is 1. The second kappa shape index (κ2) is 7.91. The van der Waals surface area contributed by atoms with Gasteiger partial charge in [0, 0.05) is 0 Å². The number of esters is 1. The molecule has 0 radical (unpaired) electrons. The van der Waals surface area contributed by atoms with Crippen molar-refractivity contribution >= 4 is 29.5 Å². The third kappa shape index (κ3) is 4.43. The van der Waals surface area contributed by atoms with Crippen LogP contribution in [0.2, 0.25) is 0 Å². The van der Waals surface area contributed by atoms with Crippen LogP contribution in [0.15, 0.2) is 46.1 Å². The minimum atomic E-state index is -0.782. The van der Waals surface area contributed by atoms with Gasteiger partial charge in [0.2, 0.25) is 0 Å². The molecule has 0 aromatic heterocycles. The zero-order valence-corrected chi connectivity index (χ0v) is 16.3. The molecule has 0 N–H and O–H groups in total. The van der Waals surface area contributed by atoms with Crippen molar-refractivity contribution in [2.45, 2.75) is 46.3 Å². The Balaban J connectivity index is 2.58. The first-order chi connectivity index (χ1) is 12.2. The molecule has 1 aromatic carbocycles. The molecule has 0 saturated heterocycles. The van der Waals surface area contributed by atoms with E-state index in [1.165, 1.54) is 4.90 Å². The van der Waals surface area contributed by atoms with Gasteiger partial charge in [0.25, 0.3) is 0 Å². The summed E-state index contributed by atoms with van der Waals surface area (Å²) in [5, 5.41) is 0.00890. The van der Waals surface area contributed by atoms with Crippen LogP contribution in [-0.2, 0) is 14.3 Å². The summed E-state index contributed by atoms with van der Waals surface area (Å²) in [5.74, 6) is -0.276. The number of hydrogen-bond acceptors (Lipinski definition) is 5. The van der Waals surface area contributed by atoms with Gasteiger partial charge in [0.1, 0.15) is 28.2 Å². The van der Waals surface area contributed by atoms with Crippen LogP contribution in [-0.4, -0.2) is 35.0 Å². The Labute approximate surface area is 158 Å². The number of hydrogen-bond donors (Lipinski definition) is 0. The maximum Gasteiger partial charge on any atom is 0.416 e. The average Bonchev–Trinajstić information content (AvgIpc) is 2.53. The summed E-state index contributed by atoms with van der Waals surface area (Å²) in [6.07, 6.45) is -0.612.